The third-order valence-electron chi connectivity index (χ3n) is 2.29. The van der Waals surface area contributed by atoms with Gasteiger partial charge in [-0.15, -0.1) is 0 Å². The van der Waals surface area contributed by atoms with Crippen LogP contribution in [0.1, 0.15) is 22.0 Å². The average molecular weight is 267 g/mol. The van der Waals surface area contributed by atoms with Gasteiger partial charge in [-0.1, -0.05) is 11.6 Å². The van der Waals surface area contributed by atoms with Crippen molar-refractivity contribution in [1.82, 2.24) is 4.98 Å². The van der Waals surface area contributed by atoms with E-state index in [0.717, 1.165) is 11.5 Å². The second-order valence-corrected chi connectivity index (χ2v) is 4.11. The molecule has 0 aliphatic heterocycles. The number of aromatic nitrogens is 1. The van der Waals surface area contributed by atoms with Crippen LogP contribution in [0.4, 0.5) is 5.82 Å². The third kappa shape index (κ3) is 2.81. The third-order valence-corrected chi connectivity index (χ3v) is 2.59. The molecule has 0 spiro atoms. The van der Waals surface area contributed by atoms with Gasteiger partial charge < -0.3 is 14.8 Å². The summed E-state index contributed by atoms with van der Waals surface area (Å²) in [6.45, 7) is 2.29. The van der Waals surface area contributed by atoms with Crippen LogP contribution in [0.3, 0.4) is 0 Å². The topological polar surface area (TPSA) is 75.4 Å². The average Bonchev–Trinajstić information content (AvgIpc) is 2.74. The van der Waals surface area contributed by atoms with Gasteiger partial charge in [0, 0.05) is 0 Å². The molecule has 0 aromatic carbocycles. The normalized spacial score (nSPS) is 10.3. The Kier molecular flexibility index (Phi) is 3.53. The Morgan fingerprint density at radius 2 is 2.22 bits per heavy atom. The molecule has 18 heavy (non-hydrogen) atoms. The zero-order chi connectivity index (χ0) is 13.1. The fourth-order valence-corrected chi connectivity index (χ4v) is 1.63. The summed E-state index contributed by atoms with van der Waals surface area (Å²) in [6, 6.07) is 6.81. The van der Waals surface area contributed by atoms with Crippen molar-refractivity contribution in [1.29, 1.82) is 0 Å². The highest BCUT2D eigenvalue weighted by Gasteiger charge is 2.11. The molecule has 2 N–H and O–H groups in total. The number of anilines is 1. The molecule has 2 aromatic heterocycles. The summed E-state index contributed by atoms with van der Waals surface area (Å²) in [5.74, 6) is 0.853. The van der Waals surface area contributed by atoms with Crippen LogP contribution in [0.2, 0.25) is 5.02 Å². The fraction of sp³-hybridized carbons (Fsp3) is 0.167. The smallest absolute Gasteiger partial charge is 0.356 e. The van der Waals surface area contributed by atoms with Crippen LogP contribution in [0.25, 0.3) is 0 Å². The second-order valence-electron chi connectivity index (χ2n) is 3.70. The molecule has 0 atom stereocenters. The predicted octanol–water partition coefficient (Wildman–Crippen LogP) is 2.95. The van der Waals surface area contributed by atoms with Crippen molar-refractivity contribution in [2.75, 3.05) is 5.32 Å². The van der Waals surface area contributed by atoms with Crippen molar-refractivity contribution < 1.29 is 14.3 Å². The van der Waals surface area contributed by atoms with E-state index in [0.29, 0.717) is 12.4 Å². The standard InChI is InChI=1S/C12H11ClN2O3/c1-7-2-3-8(18-7)6-14-10-5-4-9(13)11(15-10)12(16)17/h2-5H,6H2,1H3,(H,14,15)(H,16,17). The summed E-state index contributed by atoms with van der Waals surface area (Å²) >= 11 is 5.72. The summed E-state index contributed by atoms with van der Waals surface area (Å²) in [6.07, 6.45) is 0. The van der Waals surface area contributed by atoms with E-state index in [1.54, 1.807) is 6.07 Å². The minimum Gasteiger partial charge on any atom is -0.476 e. The van der Waals surface area contributed by atoms with Gasteiger partial charge in [0.25, 0.3) is 0 Å². The number of nitrogens with one attached hydrogen (secondary N) is 1. The highest BCUT2D eigenvalue weighted by atomic mass is 35.5. The van der Waals surface area contributed by atoms with Gasteiger partial charge in [0.05, 0.1) is 11.6 Å². The van der Waals surface area contributed by atoms with Gasteiger partial charge in [0.2, 0.25) is 0 Å². The Morgan fingerprint density at radius 3 is 2.83 bits per heavy atom. The molecule has 5 nitrogen and oxygen atoms in total. The minimum absolute atomic E-state index is 0.113. The lowest BCUT2D eigenvalue weighted by molar-refractivity contribution is 0.0691. The van der Waals surface area contributed by atoms with E-state index in [4.69, 9.17) is 21.1 Å². The van der Waals surface area contributed by atoms with Gasteiger partial charge in [-0.2, -0.15) is 0 Å². The molecule has 94 valence electrons. The molecule has 2 rings (SSSR count). The Balaban J connectivity index is 2.10. The molecule has 0 fully saturated rings. The maximum Gasteiger partial charge on any atom is 0.356 e. The number of hydrogen-bond acceptors (Lipinski definition) is 4. The number of halogens is 1. The summed E-state index contributed by atoms with van der Waals surface area (Å²) in [7, 11) is 0. The summed E-state index contributed by atoms with van der Waals surface area (Å²) in [4.78, 5) is 14.8. The first-order valence-electron chi connectivity index (χ1n) is 5.25. The largest absolute Gasteiger partial charge is 0.476 e. The van der Waals surface area contributed by atoms with Crippen molar-refractivity contribution in [3.63, 3.8) is 0 Å². The van der Waals surface area contributed by atoms with Crippen LogP contribution in [0.15, 0.2) is 28.7 Å². The van der Waals surface area contributed by atoms with Gasteiger partial charge in [0.1, 0.15) is 17.3 Å². The van der Waals surface area contributed by atoms with Crippen molar-refractivity contribution in [3.05, 3.63) is 46.5 Å². The molecule has 2 aromatic rings. The van der Waals surface area contributed by atoms with Crippen molar-refractivity contribution in [2.45, 2.75) is 13.5 Å². The molecule has 6 heteroatoms. The highest BCUT2D eigenvalue weighted by Crippen LogP contribution is 2.17. The molecule has 0 saturated carbocycles. The Morgan fingerprint density at radius 1 is 1.44 bits per heavy atom. The van der Waals surface area contributed by atoms with Crippen LogP contribution in [-0.4, -0.2) is 16.1 Å². The van der Waals surface area contributed by atoms with E-state index < -0.39 is 5.97 Å². The SMILES string of the molecule is Cc1ccc(CNc2ccc(Cl)c(C(=O)O)n2)o1. The molecule has 2 heterocycles. The van der Waals surface area contributed by atoms with Crippen LogP contribution in [-0.2, 0) is 6.54 Å². The number of carboxylic acid groups (broad SMARTS) is 1. The lowest BCUT2D eigenvalue weighted by Crippen LogP contribution is -2.06. The van der Waals surface area contributed by atoms with Crippen molar-refractivity contribution in [3.8, 4) is 0 Å². The molecule has 0 unspecified atom stereocenters. The molecule has 0 saturated heterocycles. The molecule has 0 amide bonds. The van der Waals surface area contributed by atoms with E-state index in [9.17, 15) is 4.79 Å². The first-order valence-corrected chi connectivity index (χ1v) is 5.63. The summed E-state index contributed by atoms with van der Waals surface area (Å²) in [5.41, 5.74) is -0.169. The van der Waals surface area contributed by atoms with E-state index in [2.05, 4.69) is 10.3 Å². The summed E-state index contributed by atoms with van der Waals surface area (Å²) < 4.78 is 5.37. The van der Waals surface area contributed by atoms with Crippen LogP contribution < -0.4 is 5.32 Å². The minimum atomic E-state index is -1.16. The van der Waals surface area contributed by atoms with Gasteiger partial charge in [-0.3, -0.25) is 0 Å². The van der Waals surface area contributed by atoms with Gasteiger partial charge >= 0.3 is 5.97 Å². The Hall–Kier alpha value is -2.01. The number of aromatic carboxylic acids is 1. The quantitative estimate of drug-likeness (QED) is 0.890. The zero-order valence-corrected chi connectivity index (χ0v) is 10.4. The van der Waals surface area contributed by atoms with Gasteiger partial charge in [0.15, 0.2) is 5.69 Å². The monoisotopic (exact) mass is 266 g/mol. The van der Waals surface area contributed by atoms with Crippen LogP contribution in [0, 0.1) is 6.92 Å². The molecule has 0 radical (unpaired) electrons. The molecule has 0 aliphatic carbocycles. The van der Waals surface area contributed by atoms with Crippen LogP contribution >= 0.6 is 11.6 Å². The van der Waals surface area contributed by atoms with Crippen molar-refractivity contribution >= 4 is 23.4 Å². The molecular weight excluding hydrogens is 256 g/mol. The van der Waals surface area contributed by atoms with Gasteiger partial charge in [-0.25, -0.2) is 9.78 Å². The first-order chi connectivity index (χ1) is 8.56. The Labute approximate surface area is 108 Å². The van der Waals surface area contributed by atoms with Gasteiger partial charge in [-0.05, 0) is 31.2 Å². The van der Waals surface area contributed by atoms with E-state index in [1.807, 2.05) is 19.1 Å². The zero-order valence-electron chi connectivity index (χ0n) is 9.61. The molecule has 0 bridgehead atoms. The number of hydrogen-bond donors (Lipinski definition) is 2. The molecule has 0 aliphatic rings. The predicted molar refractivity (Wildman–Crippen MR) is 67.0 cm³/mol. The van der Waals surface area contributed by atoms with Crippen LogP contribution in [0.5, 0.6) is 0 Å². The number of pyridine rings is 1. The lowest BCUT2D eigenvalue weighted by atomic mass is 10.3. The number of nitrogens with zero attached hydrogens (tertiary/aromatic N) is 1. The number of aryl methyl sites for hydroxylation is 1. The maximum absolute atomic E-state index is 10.9. The number of rotatable bonds is 4. The number of carbonyl (C=O) groups is 1. The number of carboxylic acids is 1. The Bertz CT molecular complexity index is 580. The van der Waals surface area contributed by atoms with Crippen molar-refractivity contribution in [2.24, 2.45) is 0 Å². The van der Waals surface area contributed by atoms with E-state index >= 15 is 0 Å². The second kappa shape index (κ2) is 5.10. The number of furan rings is 1. The first kappa shape index (κ1) is 12.4. The van der Waals surface area contributed by atoms with E-state index in [1.165, 1.54) is 6.07 Å². The summed E-state index contributed by atoms with van der Waals surface area (Å²) in [5, 5.41) is 12.0. The lowest BCUT2D eigenvalue weighted by Gasteiger charge is -2.05. The molecular formula is C12H11ClN2O3. The maximum atomic E-state index is 10.9. The van der Waals surface area contributed by atoms with E-state index in [-0.39, 0.29) is 10.7 Å². The fourth-order valence-electron chi connectivity index (χ4n) is 1.45. The highest BCUT2D eigenvalue weighted by molar-refractivity contribution is 6.33.